The van der Waals surface area contributed by atoms with E-state index in [1.54, 1.807) is 36.5 Å². The van der Waals surface area contributed by atoms with E-state index in [1.165, 1.54) is 0 Å². The van der Waals surface area contributed by atoms with Crippen LogP contribution in [-0.2, 0) is 9.59 Å². The van der Waals surface area contributed by atoms with E-state index in [0.717, 1.165) is 4.90 Å². The molecule has 1 aliphatic rings. The standard InChI is InChI=1S/C13H11N3O3/c14-8-16(10-6-7-11(17)15-12(10)18)13(19)9-4-2-1-3-5-9/h1-5,10H,6-7H2,(H,15,17,18). The summed E-state index contributed by atoms with van der Waals surface area (Å²) in [4.78, 5) is 35.7. The molecule has 0 radical (unpaired) electrons. The highest BCUT2D eigenvalue weighted by atomic mass is 16.2. The predicted molar refractivity (Wildman–Crippen MR) is 64.4 cm³/mol. The van der Waals surface area contributed by atoms with Gasteiger partial charge in [-0.15, -0.1) is 0 Å². The van der Waals surface area contributed by atoms with E-state index in [0.29, 0.717) is 5.56 Å². The van der Waals surface area contributed by atoms with Crippen molar-refractivity contribution in [3.05, 3.63) is 35.9 Å². The minimum Gasteiger partial charge on any atom is -0.295 e. The molecule has 0 aliphatic carbocycles. The maximum absolute atomic E-state index is 12.1. The first kappa shape index (κ1) is 12.8. The highest BCUT2D eigenvalue weighted by molar-refractivity contribution is 6.04. The van der Waals surface area contributed by atoms with Gasteiger partial charge in [0.1, 0.15) is 6.04 Å². The summed E-state index contributed by atoms with van der Waals surface area (Å²) in [5.74, 6) is -1.54. The van der Waals surface area contributed by atoms with Crippen LogP contribution in [0.1, 0.15) is 23.2 Å². The van der Waals surface area contributed by atoms with Crippen molar-refractivity contribution in [2.75, 3.05) is 0 Å². The molecule has 1 N–H and O–H groups in total. The van der Waals surface area contributed by atoms with Crippen LogP contribution in [0.5, 0.6) is 0 Å². The fourth-order valence-electron chi connectivity index (χ4n) is 1.90. The van der Waals surface area contributed by atoms with Crippen molar-refractivity contribution in [1.29, 1.82) is 5.26 Å². The van der Waals surface area contributed by atoms with E-state index in [-0.39, 0.29) is 18.7 Å². The molecule has 0 saturated carbocycles. The van der Waals surface area contributed by atoms with Crippen LogP contribution in [0.4, 0.5) is 0 Å². The average molecular weight is 257 g/mol. The second-order valence-electron chi connectivity index (χ2n) is 4.11. The smallest absolute Gasteiger partial charge is 0.267 e. The van der Waals surface area contributed by atoms with E-state index in [2.05, 4.69) is 5.32 Å². The van der Waals surface area contributed by atoms with Gasteiger partial charge < -0.3 is 0 Å². The maximum atomic E-state index is 12.1. The van der Waals surface area contributed by atoms with Crippen molar-refractivity contribution in [3.8, 4) is 6.19 Å². The van der Waals surface area contributed by atoms with Gasteiger partial charge in [-0.2, -0.15) is 5.26 Å². The summed E-state index contributed by atoms with van der Waals surface area (Å²) in [6.45, 7) is 0. The summed E-state index contributed by atoms with van der Waals surface area (Å²) in [6, 6.07) is 7.31. The summed E-state index contributed by atoms with van der Waals surface area (Å²) in [6.07, 6.45) is 2.01. The van der Waals surface area contributed by atoms with E-state index in [4.69, 9.17) is 5.26 Å². The molecule has 6 heteroatoms. The zero-order valence-electron chi connectivity index (χ0n) is 10.00. The number of carbonyl (C=O) groups is 3. The number of hydrogen-bond donors (Lipinski definition) is 1. The van der Waals surface area contributed by atoms with Gasteiger partial charge in [-0.25, -0.2) is 4.90 Å². The Morgan fingerprint density at radius 1 is 1.32 bits per heavy atom. The molecule has 3 amide bonds. The van der Waals surface area contributed by atoms with Gasteiger partial charge >= 0.3 is 0 Å². The molecule has 1 aromatic rings. The molecule has 6 nitrogen and oxygen atoms in total. The zero-order valence-corrected chi connectivity index (χ0v) is 10.00. The molecular weight excluding hydrogens is 246 g/mol. The molecular formula is C13H11N3O3. The summed E-state index contributed by atoms with van der Waals surface area (Å²) < 4.78 is 0. The molecule has 1 aliphatic heterocycles. The molecule has 1 heterocycles. The van der Waals surface area contributed by atoms with Crippen molar-refractivity contribution in [2.24, 2.45) is 0 Å². The summed E-state index contributed by atoms with van der Waals surface area (Å²) in [5.41, 5.74) is 0.328. The largest absolute Gasteiger partial charge is 0.295 e. The first-order valence-corrected chi connectivity index (χ1v) is 5.75. The Labute approximate surface area is 109 Å². The number of hydrogen-bond acceptors (Lipinski definition) is 4. The number of nitrogens with zero attached hydrogens (tertiary/aromatic N) is 2. The molecule has 0 aromatic heterocycles. The van der Waals surface area contributed by atoms with Crippen LogP contribution in [0.25, 0.3) is 0 Å². The van der Waals surface area contributed by atoms with Crippen LogP contribution >= 0.6 is 0 Å². The Balaban J connectivity index is 2.21. The van der Waals surface area contributed by atoms with E-state index in [1.807, 2.05) is 0 Å². The fourth-order valence-corrected chi connectivity index (χ4v) is 1.90. The van der Waals surface area contributed by atoms with Crippen LogP contribution < -0.4 is 5.32 Å². The van der Waals surface area contributed by atoms with Crippen molar-refractivity contribution < 1.29 is 14.4 Å². The number of rotatable bonds is 2. The Morgan fingerprint density at radius 3 is 2.58 bits per heavy atom. The van der Waals surface area contributed by atoms with E-state index < -0.39 is 17.9 Å². The molecule has 2 rings (SSSR count). The Bertz CT molecular complexity index is 562. The van der Waals surface area contributed by atoms with Gasteiger partial charge in [-0.3, -0.25) is 19.7 Å². The minimum absolute atomic E-state index is 0.122. The second-order valence-corrected chi connectivity index (χ2v) is 4.11. The van der Waals surface area contributed by atoms with Gasteiger partial charge in [0, 0.05) is 12.0 Å². The van der Waals surface area contributed by atoms with Crippen LogP contribution in [0, 0.1) is 11.5 Å². The average Bonchev–Trinajstić information content (AvgIpc) is 2.42. The second kappa shape index (κ2) is 5.31. The van der Waals surface area contributed by atoms with Crippen LogP contribution in [0.15, 0.2) is 30.3 Å². The van der Waals surface area contributed by atoms with Gasteiger partial charge in [0.25, 0.3) is 11.8 Å². The Hall–Kier alpha value is -2.68. The molecule has 0 spiro atoms. The van der Waals surface area contributed by atoms with Gasteiger partial charge in [0.15, 0.2) is 6.19 Å². The molecule has 1 saturated heterocycles. The van der Waals surface area contributed by atoms with Gasteiger partial charge in [-0.1, -0.05) is 18.2 Å². The quantitative estimate of drug-likeness (QED) is 0.472. The number of piperidine rings is 1. The topological polar surface area (TPSA) is 90.3 Å². The van der Waals surface area contributed by atoms with Crippen molar-refractivity contribution >= 4 is 17.7 Å². The summed E-state index contributed by atoms with van der Waals surface area (Å²) >= 11 is 0. The van der Waals surface area contributed by atoms with E-state index >= 15 is 0 Å². The number of nitrogens with one attached hydrogen (secondary N) is 1. The monoisotopic (exact) mass is 257 g/mol. The Kier molecular flexibility index (Phi) is 3.57. The Morgan fingerprint density at radius 2 is 2.00 bits per heavy atom. The molecule has 1 unspecified atom stereocenters. The molecule has 1 fully saturated rings. The third-order valence-corrected chi connectivity index (χ3v) is 2.87. The lowest BCUT2D eigenvalue weighted by molar-refractivity contribution is -0.136. The highest BCUT2D eigenvalue weighted by Gasteiger charge is 2.35. The number of carbonyl (C=O) groups excluding carboxylic acids is 3. The number of benzene rings is 1. The SMILES string of the molecule is N#CN(C(=O)c1ccccc1)C1CCC(=O)NC1=O. The van der Waals surface area contributed by atoms with Crippen LogP contribution in [0.3, 0.4) is 0 Å². The normalized spacial score (nSPS) is 18.4. The summed E-state index contributed by atoms with van der Waals surface area (Å²) in [7, 11) is 0. The third kappa shape index (κ3) is 2.60. The van der Waals surface area contributed by atoms with Gasteiger partial charge in [0.05, 0.1) is 0 Å². The van der Waals surface area contributed by atoms with Crippen molar-refractivity contribution in [1.82, 2.24) is 10.2 Å². The summed E-state index contributed by atoms with van der Waals surface area (Å²) in [5, 5.41) is 11.2. The fraction of sp³-hybridized carbons (Fsp3) is 0.231. The lowest BCUT2D eigenvalue weighted by Gasteiger charge is -2.27. The lowest BCUT2D eigenvalue weighted by Crippen LogP contribution is -2.52. The molecule has 96 valence electrons. The zero-order chi connectivity index (χ0) is 13.8. The van der Waals surface area contributed by atoms with Crippen molar-refractivity contribution in [3.63, 3.8) is 0 Å². The van der Waals surface area contributed by atoms with Gasteiger partial charge in [-0.05, 0) is 18.6 Å². The first-order chi connectivity index (χ1) is 9.13. The van der Waals surface area contributed by atoms with Crippen molar-refractivity contribution in [2.45, 2.75) is 18.9 Å². The number of imide groups is 1. The number of nitriles is 1. The minimum atomic E-state index is -0.921. The van der Waals surface area contributed by atoms with Crippen LogP contribution in [0.2, 0.25) is 0 Å². The van der Waals surface area contributed by atoms with Gasteiger partial charge in [0.2, 0.25) is 5.91 Å². The maximum Gasteiger partial charge on any atom is 0.267 e. The third-order valence-electron chi connectivity index (χ3n) is 2.87. The predicted octanol–water partition coefficient (Wildman–Crippen LogP) is 0.415. The lowest BCUT2D eigenvalue weighted by atomic mass is 10.0. The van der Waals surface area contributed by atoms with E-state index in [9.17, 15) is 14.4 Å². The van der Waals surface area contributed by atoms with Crippen LogP contribution in [-0.4, -0.2) is 28.7 Å². The molecule has 1 aromatic carbocycles. The first-order valence-electron chi connectivity index (χ1n) is 5.75. The highest BCUT2D eigenvalue weighted by Crippen LogP contribution is 2.15. The molecule has 0 bridgehead atoms. The molecule has 19 heavy (non-hydrogen) atoms. The number of amides is 3. The molecule has 1 atom stereocenters.